The van der Waals surface area contributed by atoms with E-state index >= 15 is 0 Å². The molecule has 10 heteroatoms. The molecule has 0 fully saturated rings. The second-order valence-corrected chi connectivity index (χ2v) is 8.29. The van der Waals surface area contributed by atoms with Crippen LogP contribution in [0.2, 0.25) is 0 Å². The number of aliphatic carboxylic acids is 1. The number of ether oxygens (including phenoxy) is 1. The summed E-state index contributed by atoms with van der Waals surface area (Å²) in [5.41, 5.74) is -1.16. The Labute approximate surface area is 142 Å². The number of carbonyl (C=O) groups is 1. The smallest absolute Gasteiger partial charge is 0.449 e. The molecule has 1 aromatic carbocycles. The zero-order valence-corrected chi connectivity index (χ0v) is 14.3. The van der Waals surface area contributed by atoms with Crippen LogP contribution in [0.4, 0.5) is 13.2 Å². The van der Waals surface area contributed by atoms with Crippen molar-refractivity contribution >= 4 is 22.1 Å². The van der Waals surface area contributed by atoms with E-state index < -0.39 is 38.4 Å². The quantitative estimate of drug-likeness (QED) is 0.821. The van der Waals surface area contributed by atoms with Crippen LogP contribution in [-0.4, -0.2) is 30.6 Å². The van der Waals surface area contributed by atoms with Gasteiger partial charge in [-0.1, -0.05) is 26.8 Å². The molecule has 0 saturated heterocycles. The molecule has 2 rings (SSSR count). The second kappa shape index (κ2) is 5.46. The van der Waals surface area contributed by atoms with Gasteiger partial charge in [0.1, 0.15) is 11.3 Å². The third kappa shape index (κ3) is 2.99. The van der Waals surface area contributed by atoms with Gasteiger partial charge in [0.05, 0.1) is 0 Å². The molecule has 0 spiro atoms. The highest BCUT2D eigenvalue weighted by Crippen LogP contribution is 2.48. The Kier molecular flexibility index (Phi) is 4.21. The number of halogens is 3. The maximum absolute atomic E-state index is 13.6. The number of primary sulfonamides is 1. The van der Waals surface area contributed by atoms with Crippen LogP contribution in [0.15, 0.2) is 23.8 Å². The van der Waals surface area contributed by atoms with E-state index in [0.717, 1.165) is 6.07 Å². The average molecular weight is 379 g/mol. The molecule has 3 N–H and O–H groups in total. The lowest BCUT2D eigenvalue weighted by Crippen LogP contribution is -2.62. The zero-order chi connectivity index (χ0) is 19.4. The van der Waals surface area contributed by atoms with Gasteiger partial charge in [0.2, 0.25) is 0 Å². The van der Waals surface area contributed by atoms with E-state index in [9.17, 15) is 31.5 Å². The van der Waals surface area contributed by atoms with E-state index in [0.29, 0.717) is 11.6 Å². The molecule has 1 unspecified atom stereocenters. The maximum atomic E-state index is 13.6. The monoisotopic (exact) mass is 379 g/mol. The number of fused-ring (bicyclic) bond motifs is 1. The fourth-order valence-electron chi connectivity index (χ4n) is 2.47. The number of benzene rings is 1. The summed E-state index contributed by atoms with van der Waals surface area (Å²) >= 11 is 0. The van der Waals surface area contributed by atoms with Gasteiger partial charge >= 0.3 is 17.1 Å². The Morgan fingerprint density at radius 3 is 2.20 bits per heavy atom. The first-order chi connectivity index (χ1) is 11.1. The van der Waals surface area contributed by atoms with Crippen LogP contribution in [0.5, 0.6) is 5.75 Å². The lowest BCUT2D eigenvalue weighted by atomic mass is 9.85. The van der Waals surface area contributed by atoms with Crippen LogP contribution < -0.4 is 9.88 Å². The molecule has 1 atom stereocenters. The largest absolute Gasteiger partial charge is 0.478 e. The number of nitrogens with two attached hydrogens (primary N) is 1. The van der Waals surface area contributed by atoms with Crippen molar-refractivity contribution in [2.24, 2.45) is 5.14 Å². The highest BCUT2D eigenvalue weighted by atomic mass is 32.2. The normalized spacial score (nSPS) is 21.2. The van der Waals surface area contributed by atoms with Gasteiger partial charge in [-0.15, -0.1) is 0 Å². The molecule has 1 aliphatic rings. The third-order valence-electron chi connectivity index (χ3n) is 3.79. The Morgan fingerprint density at radius 2 is 1.80 bits per heavy atom. The summed E-state index contributed by atoms with van der Waals surface area (Å²) in [5.74, 6) is -2.53. The van der Waals surface area contributed by atoms with Crippen molar-refractivity contribution in [3.8, 4) is 5.75 Å². The van der Waals surface area contributed by atoms with Crippen molar-refractivity contribution in [3.63, 3.8) is 0 Å². The lowest BCUT2D eigenvalue weighted by molar-refractivity contribution is -0.203. The lowest BCUT2D eigenvalue weighted by Gasteiger charge is -2.37. The summed E-state index contributed by atoms with van der Waals surface area (Å²) in [4.78, 5) is 7.21. The zero-order valence-electron chi connectivity index (χ0n) is 13.5. The van der Waals surface area contributed by atoms with Gasteiger partial charge < -0.3 is 9.84 Å². The summed E-state index contributed by atoms with van der Waals surface area (Å²) in [6, 6.07) is 4.08. The number of rotatable bonds is 2. The van der Waals surface area contributed by atoms with Crippen LogP contribution in [-0.2, 0) is 20.2 Å². The Balaban J connectivity index is 2.84. The average Bonchev–Trinajstić information content (AvgIpc) is 2.41. The van der Waals surface area contributed by atoms with Gasteiger partial charge in [0, 0.05) is 5.56 Å². The standard InChI is InChI=1S/C15H16F3NO5S/c1-13(2,3)9-4-5-11-8(6-9)7-10(12(20)21)14(24-11,15(16,17)18)25(19,22)23/h4-7H,1-3H3,(H,20,21)(H2,19,22,23). The Bertz CT molecular complexity index is 868. The van der Waals surface area contributed by atoms with Crippen LogP contribution in [0.25, 0.3) is 6.08 Å². The molecule has 0 aliphatic carbocycles. The summed E-state index contributed by atoms with van der Waals surface area (Å²) in [5, 5.41) is 13.9. The van der Waals surface area contributed by atoms with Crippen LogP contribution >= 0.6 is 0 Å². The summed E-state index contributed by atoms with van der Waals surface area (Å²) in [7, 11) is -5.52. The fourth-order valence-corrected chi connectivity index (χ4v) is 3.45. The number of hydrogen-bond donors (Lipinski definition) is 2. The summed E-state index contributed by atoms with van der Waals surface area (Å²) in [6.45, 7) is 5.56. The molecule has 0 bridgehead atoms. The van der Waals surface area contributed by atoms with E-state index in [1.165, 1.54) is 12.1 Å². The number of carboxylic acids is 1. The second-order valence-electron chi connectivity index (χ2n) is 6.63. The van der Waals surface area contributed by atoms with E-state index in [1.807, 2.05) is 20.8 Å². The third-order valence-corrected chi connectivity index (χ3v) is 5.12. The van der Waals surface area contributed by atoms with E-state index in [-0.39, 0.29) is 11.0 Å². The van der Waals surface area contributed by atoms with Crippen molar-refractivity contribution in [1.82, 2.24) is 0 Å². The first-order valence-corrected chi connectivity index (χ1v) is 8.54. The van der Waals surface area contributed by atoms with Gasteiger partial charge in [-0.3, -0.25) is 0 Å². The molecule has 138 valence electrons. The van der Waals surface area contributed by atoms with Gasteiger partial charge in [-0.2, -0.15) is 13.2 Å². The maximum Gasteiger partial charge on any atom is 0.449 e. The minimum absolute atomic E-state index is 0.0216. The van der Waals surface area contributed by atoms with Crippen LogP contribution in [0.1, 0.15) is 31.9 Å². The topological polar surface area (TPSA) is 107 Å². The fraction of sp³-hybridized carbons (Fsp3) is 0.400. The van der Waals surface area contributed by atoms with Crippen molar-refractivity contribution in [2.75, 3.05) is 0 Å². The molecule has 0 radical (unpaired) electrons. The van der Waals surface area contributed by atoms with Gasteiger partial charge in [-0.05, 0) is 29.2 Å². The molecular weight excluding hydrogens is 363 g/mol. The predicted molar refractivity (Wildman–Crippen MR) is 83.3 cm³/mol. The number of hydrogen-bond acceptors (Lipinski definition) is 4. The highest BCUT2D eigenvalue weighted by molar-refractivity contribution is 7.90. The SMILES string of the molecule is CC(C)(C)c1ccc2c(c1)C=C(C(=O)O)C(C(F)(F)F)(S(N)(=O)=O)O2. The number of alkyl halides is 3. The van der Waals surface area contributed by atoms with Crippen molar-refractivity contribution in [3.05, 3.63) is 34.9 Å². The van der Waals surface area contributed by atoms with E-state index in [4.69, 9.17) is 9.88 Å². The first kappa shape index (κ1) is 19.3. The summed E-state index contributed by atoms with van der Waals surface area (Å²) < 4.78 is 68.9. The minimum atomic E-state index is -5.61. The van der Waals surface area contributed by atoms with Gasteiger partial charge in [0.15, 0.2) is 0 Å². The van der Waals surface area contributed by atoms with Crippen molar-refractivity contribution in [2.45, 2.75) is 37.3 Å². The molecule has 1 aromatic rings. The van der Waals surface area contributed by atoms with Crippen LogP contribution in [0.3, 0.4) is 0 Å². The van der Waals surface area contributed by atoms with Crippen molar-refractivity contribution < 1.29 is 36.2 Å². The molecule has 1 heterocycles. The number of sulfonamides is 1. The highest BCUT2D eigenvalue weighted by Gasteiger charge is 2.71. The first-order valence-electron chi connectivity index (χ1n) is 6.99. The van der Waals surface area contributed by atoms with Crippen LogP contribution in [0, 0.1) is 0 Å². The van der Waals surface area contributed by atoms with E-state index in [1.54, 1.807) is 0 Å². The Hall–Kier alpha value is -2.07. The minimum Gasteiger partial charge on any atom is -0.478 e. The van der Waals surface area contributed by atoms with Gasteiger partial charge in [0.25, 0.3) is 10.0 Å². The molecule has 0 aromatic heterocycles. The molecule has 25 heavy (non-hydrogen) atoms. The molecule has 6 nitrogen and oxygen atoms in total. The Morgan fingerprint density at radius 1 is 1.24 bits per heavy atom. The molecular formula is C15H16F3NO5S. The summed E-state index contributed by atoms with van der Waals surface area (Å²) in [6.07, 6.45) is -4.97. The van der Waals surface area contributed by atoms with E-state index in [2.05, 4.69) is 0 Å². The van der Waals surface area contributed by atoms with Crippen molar-refractivity contribution in [1.29, 1.82) is 0 Å². The molecule has 1 aliphatic heterocycles. The molecule has 0 saturated carbocycles. The molecule has 0 amide bonds. The predicted octanol–water partition coefficient (Wildman–Crippen LogP) is 2.39. The van der Waals surface area contributed by atoms with Gasteiger partial charge in [-0.25, -0.2) is 18.4 Å². The number of carboxylic acid groups (broad SMARTS) is 1.